The Bertz CT molecular complexity index is 791. The predicted molar refractivity (Wildman–Crippen MR) is 82.8 cm³/mol. The van der Waals surface area contributed by atoms with Crippen molar-refractivity contribution >= 4 is 11.8 Å². The third kappa shape index (κ3) is 3.23. The molecule has 0 bridgehead atoms. The number of aromatic amines is 1. The molecule has 0 saturated carbocycles. The fraction of sp³-hybridized carbons (Fsp3) is 0.333. The summed E-state index contributed by atoms with van der Waals surface area (Å²) in [6.45, 7) is 0.0783. The zero-order chi connectivity index (χ0) is 16.4. The van der Waals surface area contributed by atoms with E-state index in [9.17, 15) is 18.4 Å². The molecule has 1 fully saturated rings. The molecule has 1 N–H and O–H groups in total. The smallest absolute Gasteiger partial charge is 0.329 e. The normalized spacial score (nSPS) is 23.0. The largest absolute Gasteiger partial charge is 0.366 e. The standard InChI is InChI=1S/C15H14F2N2O3S/c16-15(17)11(22-8-10-4-2-1-3-5-10)9-23-13(15)19-7-6-12(20)18-14(19)21/h1-7,11,13H,8-9H2,(H,18,20,21)/t11-,13-/m1/s1. The molecule has 1 saturated heterocycles. The minimum atomic E-state index is -3.22. The van der Waals surface area contributed by atoms with Crippen molar-refractivity contribution in [3.63, 3.8) is 0 Å². The van der Waals surface area contributed by atoms with Crippen molar-refractivity contribution in [1.29, 1.82) is 0 Å². The van der Waals surface area contributed by atoms with Crippen LogP contribution in [0.2, 0.25) is 0 Å². The number of rotatable bonds is 4. The monoisotopic (exact) mass is 340 g/mol. The van der Waals surface area contributed by atoms with Crippen LogP contribution in [0, 0.1) is 0 Å². The summed E-state index contributed by atoms with van der Waals surface area (Å²) in [6.07, 6.45) is -0.205. The lowest BCUT2D eigenvalue weighted by molar-refractivity contribution is -0.135. The second kappa shape index (κ2) is 6.29. The molecular formula is C15H14F2N2O3S. The van der Waals surface area contributed by atoms with Crippen LogP contribution in [0.4, 0.5) is 8.78 Å². The van der Waals surface area contributed by atoms with Gasteiger partial charge in [0.05, 0.1) is 6.61 Å². The minimum absolute atomic E-state index is 0.0655. The highest BCUT2D eigenvalue weighted by molar-refractivity contribution is 7.99. The van der Waals surface area contributed by atoms with E-state index < -0.39 is 28.6 Å². The first-order chi connectivity index (χ1) is 11.0. The Balaban J connectivity index is 1.76. The number of alkyl halides is 2. The number of ether oxygens (including phenoxy) is 1. The Morgan fingerprint density at radius 3 is 2.70 bits per heavy atom. The number of hydrogen-bond acceptors (Lipinski definition) is 4. The molecule has 1 aromatic heterocycles. The van der Waals surface area contributed by atoms with E-state index in [2.05, 4.69) is 0 Å². The number of halogens is 2. The molecule has 2 heterocycles. The van der Waals surface area contributed by atoms with Gasteiger partial charge in [0.15, 0.2) is 5.37 Å². The van der Waals surface area contributed by atoms with E-state index in [-0.39, 0.29) is 12.4 Å². The van der Waals surface area contributed by atoms with Crippen LogP contribution in [0.5, 0.6) is 0 Å². The number of H-pyrrole nitrogens is 1. The summed E-state index contributed by atoms with van der Waals surface area (Å²) in [4.78, 5) is 24.8. The maximum atomic E-state index is 14.5. The maximum Gasteiger partial charge on any atom is 0.329 e. The van der Waals surface area contributed by atoms with Gasteiger partial charge in [0, 0.05) is 18.0 Å². The number of hydrogen-bond donors (Lipinski definition) is 1. The van der Waals surface area contributed by atoms with Gasteiger partial charge in [-0.2, -0.15) is 0 Å². The molecule has 2 atom stereocenters. The van der Waals surface area contributed by atoms with Gasteiger partial charge < -0.3 is 4.74 Å². The van der Waals surface area contributed by atoms with Gasteiger partial charge in [-0.25, -0.2) is 13.6 Å². The number of nitrogens with zero attached hydrogens (tertiary/aromatic N) is 1. The SMILES string of the molecule is O=c1ccn([C@@H]2SC[C@@H](OCc3ccccc3)C2(F)F)c(=O)[nH]1. The quantitative estimate of drug-likeness (QED) is 0.925. The lowest BCUT2D eigenvalue weighted by atomic mass is 10.2. The Kier molecular flexibility index (Phi) is 4.36. The molecule has 1 aliphatic rings. The van der Waals surface area contributed by atoms with Crippen LogP contribution in [0.15, 0.2) is 52.2 Å². The summed E-state index contributed by atoms with van der Waals surface area (Å²) < 4.78 is 35.3. The molecule has 0 spiro atoms. The molecule has 0 unspecified atom stereocenters. The molecule has 23 heavy (non-hydrogen) atoms. The molecule has 3 rings (SSSR count). The summed E-state index contributed by atoms with van der Waals surface area (Å²) >= 11 is 0.932. The van der Waals surface area contributed by atoms with Crippen molar-refractivity contribution in [2.75, 3.05) is 5.75 Å². The highest BCUT2D eigenvalue weighted by atomic mass is 32.2. The average molecular weight is 340 g/mol. The summed E-state index contributed by atoms with van der Waals surface area (Å²) in [5.74, 6) is -3.16. The summed E-state index contributed by atoms with van der Waals surface area (Å²) in [5.41, 5.74) is -0.661. The number of thioether (sulfide) groups is 1. The lowest BCUT2D eigenvalue weighted by Gasteiger charge is -2.24. The fourth-order valence-electron chi connectivity index (χ4n) is 2.37. The highest BCUT2D eigenvalue weighted by Crippen LogP contribution is 2.48. The van der Waals surface area contributed by atoms with Gasteiger partial charge in [0.25, 0.3) is 5.56 Å². The second-order valence-electron chi connectivity index (χ2n) is 5.16. The van der Waals surface area contributed by atoms with Crippen LogP contribution < -0.4 is 11.2 Å². The zero-order valence-corrected chi connectivity index (χ0v) is 12.8. The van der Waals surface area contributed by atoms with Gasteiger partial charge >= 0.3 is 11.6 Å². The number of nitrogens with one attached hydrogen (secondary N) is 1. The molecule has 0 radical (unpaired) electrons. The molecule has 0 amide bonds. The van der Waals surface area contributed by atoms with Crippen molar-refractivity contribution in [1.82, 2.24) is 9.55 Å². The Morgan fingerprint density at radius 1 is 1.26 bits per heavy atom. The van der Waals surface area contributed by atoms with Gasteiger partial charge in [0.1, 0.15) is 6.10 Å². The van der Waals surface area contributed by atoms with Crippen LogP contribution in [-0.4, -0.2) is 27.3 Å². The number of benzene rings is 1. The predicted octanol–water partition coefficient (Wildman–Crippen LogP) is 2.00. The van der Waals surface area contributed by atoms with E-state index in [4.69, 9.17) is 4.74 Å². The van der Waals surface area contributed by atoms with E-state index in [1.165, 1.54) is 0 Å². The van der Waals surface area contributed by atoms with Crippen molar-refractivity contribution < 1.29 is 13.5 Å². The molecule has 8 heteroatoms. The zero-order valence-electron chi connectivity index (χ0n) is 11.9. The summed E-state index contributed by atoms with van der Waals surface area (Å²) in [5, 5.41) is -1.40. The highest BCUT2D eigenvalue weighted by Gasteiger charge is 2.55. The van der Waals surface area contributed by atoms with Gasteiger partial charge in [-0.1, -0.05) is 30.3 Å². The van der Waals surface area contributed by atoms with Crippen LogP contribution in [-0.2, 0) is 11.3 Å². The minimum Gasteiger partial charge on any atom is -0.366 e. The van der Waals surface area contributed by atoms with Crippen LogP contribution >= 0.6 is 11.8 Å². The van der Waals surface area contributed by atoms with Crippen molar-refractivity contribution in [3.8, 4) is 0 Å². The van der Waals surface area contributed by atoms with Gasteiger partial charge in [-0.15, -0.1) is 11.8 Å². The van der Waals surface area contributed by atoms with Crippen LogP contribution in [0.1, 0.15) is 10.9 Å². The first kappa shape index (κ1) is 15.9. The Hall–Kier alpha value is -1.93. The Morgan fingerprint density at radius 2 is 2.00 bits per heavy atom. The van der Waals surface area contributed by atoms with Crippen LogP contribution in [0.3, 0.4) is 0 Å². The molecule has 122 valence electrons. The van der Waals surface area contributed by atoms with Crippen LogP contribution in [0.25, 0.3) is 0 Å². The molecule has 2 aromatic rings. The second-order valence-corrected chi connectivity index (χ2v) is 6.28. The molecular weight excluding hydrogens is 326 g/mol. The third-order valence-electron chi connectivity index (χ3n) is 3.56. The number of aromatic nitrogens is 2. The van der Waals surface area contributed by atoms with Crippen molar-refractivity contribution in [2.45, 2.75) is 24.0 Å². The van der Waals surface area contributed by atoms with Gasteiger partial charge in [0.2, 0.25) is 0 Å². The Labute approximate surface area is 134 Å². The van der Waals surface area contributed by atoms with Crippen molar-refractivity contribution in [3.05, 3.63) is 69.0 Å². The summed E-state index contributed by atoms with van der Waals surface area (Å²) in [6, 6.07) is 10.1. The first-order valence-corrected chi connectivity index (χ1v) is 8.00. The molecule has 0 aliphatic carbocycles. The van der Waals surface area contributed by atoms with Gasteiger partial charge in [-0.05, 0) is 5.56 Å². The van der Waals surface area contributed by atoms with Crippen molar-refractivity contribution in [2.24, 2.45) is 0 Å². The molecule has 1 aromatic carbocycles. The topological polar surface area (TPSA) is 64.1 Å². The molecule has 1 aliphatic heterocycles. The average Bonchev–Trinajstić information content (AvgIpc) is 2.81. The first-order valence-electron chi connectivity index (χ1n) is 6.95. The van der Waals surface area contributed by atoms with Gasteiger partial charge in [-0.3, -0.25) is 14.3 Å². The van der Waals surface area contributed by atoms with E-state index in [0.29, 0.717) is 0 Å². The van der Waals surface area contributed by atoms with E-state index in [0.717, 1.165) is 34.2 Å². The van der Waals surface area contributed by atoms with E-state index in [1.54, 1.807) is 12.1 Å². The molecule has 5 nitrogen and oxygen atoms in total. The van der Waals surface area contributed by atoms with E-state index >= 15 is 0 Å². The lowest BCUT2D eigenvalue weighted by Crippen LogP contribution is -2.41. The fourth-order valence-corrected chi connectivity index (χ4v) is 3.74. The summed E-state index contributed by atoms with van der Waals surface area (Å²) in [7, 11) is 0. The van der Waals surface area contributed by atoms with E-state index in [1.807, 2.05) is 23.2 Å². The third-order valence-corrected chi connectivity index (χ3v) is 4.91. The maximum absolute atomic E-state index is 14.5.